The molecule has 0 saturated heterocycles. The fraction of sp³-hybridized carbons (Fsp3) is 0.100. The van der Waals surface area contributed by atoms with E-state index in [9.17, 15) is 9.59 Å². The first-order valence-electron chi connectivity index (χ1n) is 7.81. The van der Waals surface area contributed by atoms with Crippen LogP contribution in [0, 0.1) is 0 Å². The number of hydrogen-bond acceptors (Lipinski definition) is 3. The quantitative estimate of drug-likeness (QED) is 0.667. The van der Waals surface area contributed by atoms with Crippen LogP contribution in [0.25, 0.3) is 0 Å². The molecule has 2 amide bonds. The molecule has 2 rings (SSSR count). The lowest BCUT2D eigenvalue weighted by Crippen LogP contribution is -2.11. The van der Waals surface area contributed by atoms with Crippen LogP contribution >= 0.6 is 11.8 Å². The number of amides is 2. The lowest BCUT2D eigenvalue weighted by Gasteiger charge is -2.13. The van der Waals surface area contributed by atoms with Crippen molar-refractivity contribution in [2.45, 2.75) is 22.6 Å². The van der Waals surface area contributed by atoms with Crippen molar-refractivity contribution in [1.29, 1.82) is 0 Å². The van der Waals surface area contributed by atoms with Crippen molar-refractivity contribution in [3.8, 4) is 0 Å². The highest BCUT2D eigenvalue weighted by Gasteiger charge is 2.11. The van der Waals surface area contributed by atoms with Crippen molar-refractivity contribution in [3.05, 3.63) is 73.8 Å². The Labute approximate surface area is 152 Å². The third-order valence-electron chi connectivity index (χ3n) is 3.20. The van der Waals surface area contributed by atoms with E-state index in [0.717, 1.165) is 21.2 Å². The number of para-hydroxylation sites is 2. The number of anilines is 2. The monoisotopic (exact) mass is 352 g/mol. The zero-order valence-electron chi connectivity index (χ0n) is 13.8. The molecule has 2 N–H and O–H groups in total. The maximum absolute atomic E-state index is 11.8. The lowest BCUT2D eigenvalue weighted by molar-refractivity contribution is -0.116. The zero-order chi connectivity index (χ0) is 18.1. The summed E-state index contributed by atoms with van der Waals surface area (Å²) in [4.78, 5) is 25.5. The summed E-state index contributed by atoms with van der Waals surface area (Å²) in [6.45, 7) is 7.15. The third-order valence-corrected chi connectivity index (χ3v) is 4.35. The minimum Gasteiger partial charge on any atom is -0.325 e. The van der Waals surface area contributed by atoms with E-state index in [1.54, 1.807) is 12.2 Å². The fourth-order valence-corrected chi connectivity index (χ4v) is 3.09. The van der Waals surface area contributed by atoms with Gasteiger partial charge in [-0.3, -0.25) is 9.59 Å². The number of rotatable bonds is 8. The Bertz CT molecular complexity index is 721. The van der Waals surface area contributed by atoms with Gasteiger partial charge in [-0.1, -0.05) is 48.2 Å². The molecule has 5 heteroatoms. The molecule has 0 aliphatic rings. The SMILES string of the molecule is C=CCC(=O)Nc1ccccc1Sc1ccccc1NC(=O)CC=C. The molecule has 0 radical (unpaired) electrons. The summed E-state index contributed by atoms with van der Waals surface area (Å²) in [5.41, 5.74) is 1.46. The molecule has 0 saturated carbocycles. The van der Waals surface area contributed by atoms with E-state index in [2.05, 4.69) is 23.8 Å². The van der Waals surface area contributed by atoms with Crippen LogP contribution in [0.2, 0.25) is 0 Å². The van der Waals surface area contributed by atoms with Crippen molar-refractivity contribution < 1.29 is 9.59 Å². The van der Waals surface area contributed by atoms with Gasteiger partial charge in [-0.15, -0.1) is 13.2 Å². The van der Waals surface area contributed by atoms with Gasteiger partial charge in [0.1, 0.15) is 0 Å². The highest BCUT2D eigenvalue weighted by Crippen LogP contribution is 2.37. The summed E-state index contributed by atoms with van der Waals surface area (Å²) in [5, 5.41) is 5.76. The van der Waals surface area contributed by atoms with Gasteiger partial charge in [0.25, 0.3) is 0 Å². The van der Waals surface area contributed by atoms with Crippen LogP contribution < -0.4 is 10.6 Å². The standard InChI is InChI=1S/C20H20N2O2S/c1-3-9-19(23)21-15-11-5-7-13-17(15)25-18-14-8-6-12-16(18)22-20(24)10-4-2/h3-8,11-14H,1-2,9-10H2,(H,21,23)(H,22,24). The Kier molecular flexibility index (Phi) is 7.04. The zero-order valence-corrected chi connectivity index (χ0v) is 14.6. The summed E-state index contributed by atoms with van der Waals surface area (Å²) in [7, 11) is 0. The van der Waals surface area contributed by atoms with Gasteiger partial charge < -0.3 is 10.6 Å². The largest absolute Gasteiger partial charge is 0.325 e. The van der Waals surface area contributed by atoms with Crippen molar-refractivity contribution in [2.24, 2.45) is 0 Å². The van der Waals surface area contributed by atoms with Crippen molar-refractivity contribution >= 4 is 35.0 Å². The van der Waals surface area contributed by atoms with Crippen molar-refractivity contribution in [1.82, 2.24) is 0 Å². The van der Waals surface area contributed by atoms with E-state index in [4.69, 9.17) is 0 Å². The first-order valence-corrected chi connectivity index (χ1v) is 8.63. The molecule has 0 aliphatic carbocycles. The molecule has 0 unspecified atom stereocenters. The second-order valence-electron chi connectivity index (χ2n) is 5.18. The van der Waals surface area contributed by atoms with Gasteiger partial charge in [-0.2, -0.15) is 0 Å². The van der Waals surface area contributed by atoms with Gasteiger partial charge in [0.15, 0.2) is 0 Å². The second-order valence-corrected chi connectivity index (χ2v) is 6.26. The average molecular weight is 352 g/mol. The minimum absolute atomic E-state index is 0.115. The van der Waals surface area contributed by atoms with Crippen LogP contribution in [0.1, 0.15) is 12.8 Å². The van der Waals surface area contributed by atoms with Gasteiger partial charge in [0, 0.05) is 22.6 Å². The van der Waals surface area contributed by atoms with Gasteiger partial charge >= 0.3 is 0 Å². The van der Waals surface area contributed by atoms with Crippen LogP contribution in [0.15, 0.2) is 83.6 Å². The molecular weight excluding hydrogens is 332 g/mol. The summed E-state index contributed by atoms with van der Waals surface area (Å²) in [6.07, 6.45) is 3.64. The Morgan fingerprint density at radius 2 is 1.20 bits per heavy atom. The fourth-order valence-electron chi connectivity index (χ4n) is 2.10. The van der Waals surface area contributed by atoms with Crippen LogP contribution in [0.4, 0.5) is 11.4 Å². The number of nitrogens with one attached hydrogen (secondary N) is 2. The Morgan fingerprint density at radius 3 is 1.60 bits per heavy atom. The third kappa shape index (κ3) is 5.65. The molecule has 2 aromatic carbocycles. The summed E-state index contributed by atoms with van der Waals surface area (Å²) in [5.74, 6) is -0.230. The van der Waals surface area contributed by atoms with Crippen LogP contribution in [-0.4, -0.2) is 11.8 Å². The molecule has 0 aromatic heterocycles. The molecule has 0 bridgehead atoms. The maximum Gasteiger partial charge on any atom is 0.228 e. The average Bonchev–Trinajstić information content (AvgIpc) is 2.59. The van der Waals surface area contributed by atoms with Gasteiger partial charge in [0.05, 0.1) is 11.4 Å². The molecule has 128 valence electrons. The molecule has 4 nitrogen and oxygen atoms in total. The molecular formula is C20H20N2O2S. The molecule has 25 heavy (non-hydrogen) atoms. The van der Waals surface area contributed by atoms with Crippen molar-refractivity contribution in [3.63, 3.8) is 0 Å². The van der Waals surface area contributed by atoms with Gasteiger partial charge in [0.2, 0.25) is 11.8 Å². The van der Waals surface area contributed by atoms with E-state index in [1.807, 2.05) is 48.5 Å². The van der Waals surface area contributed by atoms with E-state index >= 15 is 0 Å². The number of carbonyl (C=O) groups excluding carboxylic acids is 2. The predicted molar refractivity (Wildman–Crippen MR) is 104 cm³/mol. The summed E-state index contributed by atoms with van der Waals surface area (Å²) in [6, 6.07) is 15.1. The Morgan fingerprint density at radius 1 is 0.800 bits per heavy atom. The van der Waals surface area contributed by atoms with Crippen LogP contribution in [-0.2, 0) is 9.59 Å². The van der Waals surface area contributed by atoms with Crippen LogP contribution in [0.3, 0.4) is 0 Å². The van der Waals surface area contributed by atoms with E-state index < -0.39 is 0 Å². The highest BCUT2D eigenvalue weighted by atomic mass is 32.2. The normalized spacial score (nSPS) is 9.92. The lowest BCUT2D eigenvalue weighted by atomic mass is 10.3. The van der Waals surface area contributed by atoms with E-state index in [0.29, 0.717) is 0 Å². The summed E-state index contributed by atoms with van der Waals surface area (Å²) >= 11 is 1.48. The van der Waals surface area contributed by atoms with Crippen LogP contribution in [0.5, 0.6) is 0 Å². The van der Waals surface area contributed by atoms with E-state index in [-0.39, 0.29) is 24.7 Å². The molecule has 0 atom stereocenters. The number of hydrogen-bond donors (Lipinski definition) is 2. The Balaban J connectivity index is 2.22. The predicted octanol–water partition coefficient (Wildman–Crippen LogP) is 4.87. The van der Waals surface area contributed by atoms with Gasteiger partial charge in [-0.25, -0.2) is 0 Å². The Hall–Kier alpha value is -2.79. The minimum atomic E-state index is -0.115. The maximum atomic E-state index is 11.8. The smallest absolute Gasteiger partial charge is 0.228 e. The number of benzene rings is 2. The second kappa shape index (κ2) is 9.49. The first kappa shape index (κ1) is 18.5. The molecule has 0 fully saturated rings. The highest BCUT2D eigenvalue weighted by molar-refractivity contribution is 7.99. The van der Waals surface area contributed by atoms with E-state index in [1.165, 1.54) is 11.8 Å². The topological polar surface area (TPSA) is 58.2 Å². The molecule has 0 aliphatic heterocycles. The van der Waals surface area contributed by atoms with Gasteiger partial charge in [-0.05, 0) is 24.3 Å². The number of carbonyl (C=O) groups is 2. The molecule has 2 aromatic rings. The summed E-state index contributed by atoms with van der Waals surface area (Å²) < 4.78 is 0. The first-order chi connectivity index (χ1) is 12.1. The molecule has 0 heterocycles. The molecule has 0 spiro atoms. The van der Waals surface area contributed by atoms with Crippen molar-refractivity contribution in [2.75, 3.05) is 10.6 Å².